The number of hydrogen-bond acceptors (Lipinski definition) is 2. The standard InChI is InChI=1S/C12H8ClF3N2O/c1-7(19)10-3-2-9(4-11(10)13)18-6-8(5-17-18)12(14,15)16/h2-6H,1H3. The fourth-order valence-electron chi connectivity index (χ4n) is 1.54. The molecule has 0 bridgehead atoms. The Bertz CT molecular complexity index is 634. The number of hydrogen-bond donors (Lipinski definition) is 0. The van der Waals surface area contributed by atoms with Crippen molar-refractivity contribution >= 4 is 17.4 Å². The maximum atomic E-state index is 12.4. The second-order valence-corrected chi connectivity index (χ2v) is 4.30. The second kappa shape index (κ2) is 4.70. The minimum atomic E-state index is -4.44. The zero-order chi connectivity index (χ0) is 14.2. The van der Waals surface area contributed by atoms with Crippen molar-refractivity contribution in [2.45, 2.75) is 13.1 Å². The average Bonchev–Trinajstić information content (AvgIpc) is 2.76. The predicted molar refractivity (Wildman–Crippen MR) is 63.6 cm³/mol. The zero-order valence-electron chi connectivity index (χ0n) is 9.70. The van der Waals surface area contributed by atoms with Gasteiger partial charge in [0.05, 0.1) is 22.5 Å². The van der Waals surface area contributed by atoms with Crippen LogP contribution < -0.4 is 0 Å². The summed E-state index contributed by atoms with van der Waals surface area (Å²) in [5, 5.41) is 3.80. The Morgan fingerprint density at radius 2 is 2.05 bits per heavy atom. The molecule has 0 amide bonds. The van der Waals surface area contributed by atoms with Crippen molar-refractivity contribution in [3.05, 3.63) is 46.7 Å². The fourth-order valence-corrected chi connectivity index (χ4v) is 1.85. The zero-order valence-corrected chi connectivity index (χ0v) is 10.5. The molecule has 1 aromatic heterocycles. The van der Waals surface area contributed by atoms with Gasteiger partial charge in [0, 0.05) is 11.8 Å². The first-order valence-electron chi connectivity index (χ1n) is 5.22. The lowest BCUT2D eigenvalue weighted by molar-refractivity contribution is -0.137. The van der Waals surface area contributed by atoms with Gasteiger partial charge in [0.2, 0.25) is 0 Å². The summed E-state index contributed by atoms with van der Waals surface area (Å²) in [6.07, 6.45) is -2.85. The lowest BCUT2D eigenvalue weighted by atomic mass is 10.1. The van der Waals surface area contributed by atoms with Crippen molar-refractivity contribution in [3.63, 3.8) is 0 Å². The number of carbonyl (C=O) groups is 1. The highest BCUT2D eigenvalue weighted by Gasteiger charge is 2.32. The number of benzene rings is 1. The van der Waals surface area contributed by atoms with E-state index in [0.29, 0.717) is 11.3 Å². The molecule has 2 aromatic rings. The predicted octanol–water partition coefficient (Wildman–Crippen LogP) is 3.75. The van der Waals surface area contributed by atoms with Crippen LogP contribution in [-0.4, -0.2) is 15.6 Å². The van der Waals surface area contributed by atoms with Crippen LogP contribution in [0.15, 0.2) is 30.6 Å². The minimum Gasteiger partial charge on any atom is -0.294 e. The summed E-state index contributed by atoms with van der Waals surface area (Å²) in [4.78, 5) is 11.2. The minimum absolute atomic E-state index is 0.175. The molecule has 0 radical (unpaired) electrons. The van der Waals surface area contributed by atoms with Crippen LogP contribution in [0.25, 0.3) is 5.69 Å². The third-order valence-corrected chi connectivity index (χ3v) is 2.82. The molecule has 0 atom stereocenters. The lowest BCUT2D eigenvalue weighted by Crippen LogP contribution is -2.03. The first kappa shape index (κ1) is 13.6. The van der Waals surface area contributed by atoms with Crippen molar-refractivity contribution in [2.24, 2.45) is 0 Å². The van der Waals surface area contributed by atoms with E-state index in [2.05, 4.69) is 5.10 Å². The highest BCUT2D eigenvalue weighted by Crippen LogP contribution is 2.29. The monoisotopic (exact) mass is 288 g/mol. The van der Waals surface area contributed by atoms with E-state index in [9.17, 15) is 18.0 Å². The van der Waals surface area contributed by atoms with Gasteiger partial charge in [0.15, 0.2) is 5.78 Å². The van der Waals surface area contributed by atoms with Gasteiger partial charge in [-0.3, -0.25) is 4.79 Å². The van der Waals surface area contributed by atoms with Gasteiger partial charge in [-0.05, 0) is 25.1 Å². The summed E-state index contributed by atoms with van der Waals surface area (Å²) >= 11 is 5.89. The molecular weight excluding hydrogens is 281 g/mol. The van der Waals surface area contributed by atoms with Crippen molar-refractivity contribution in [2.75, 3.05) is 0 Å². The van der Waals surface area contributed by atoms with Gasteiger partial charge in [-0.15, -0.1) is 0 Å². The molecule has 1 aromatic carbocycles. The Hall–Kier alpha value is -1.82. The highest BCUT2D eigenvalue weighted by molar-refractivity contribution is 6.34. The van der Waals surface area contributed by atoms with E-state index < -0.39 is 11.7 Å². The molecule has 0 N–H and O–H groups in total. The summed E-state index contributed by atoms with van der Waals surface area (Å²) in [5.41, 5.74) is -0.182. The summed E-state index contributed by atoms with van der Waals surface area (Å²) in [7, 11) is 0. The second-order valence-electron chi connectivity index (χ2n) is 3.89. The van der Waals surface area contributed by atoms with E-state index in [4.69, 9.17) is 11.6 Å². The Labute approximate surface area is 111 Å². The molecule has 0 aliphatic rings. The quantitative estimate of drug-likeness (QED) is 0.789. The number of halogens is 4. The molecule has 1 heterocycles. The number of Topliss-reactive ketones (excluding diaryl/α,β-unsaturated/α-hetero) is 1. The van der Waals surface area contributed by atoms with Gasteiger partial charge >= 0.3 is 6.18 Å². The largest absolute Gasteiger partial charge is 0.419 e. The fraction of sp³-hybridized carbons (Fsp3) is 0.167. The number of aromatic nitrogens is 2. The normalized spacial score (nSPS) is 11.6. The van der Waals surface area contributed by atoms with Crippen LogP contribution in [-0.2, 0) is 6.18 Å². The molecule has 100 valence electrons. The number of alkyl halides is 3. The summed E-state index contributed by atoms with van der Waals surface area (Å²) in [5.74, 6) is -0.215. The van der Waals surface area contributed by atoms with Gasteiger partial charge in [0.1, 0.15) is 0 Å². The molecule has 2 rings (SSSR count). The Morgan fingerprint density at radius 1 is 1.37 bits per heavy atom. The molecule has 7 heteroatoms. The molecule has 0 saturated carbocycles. The molecule has 3 nitrogen and oxygen atoms in total. The van der Waals surface area contributed by atoms with Crippen LogP contribution in [0.2, 0.25) is 5.02 Å². The third-order valence-electron chi connectivity index (χ3n) is 2.51. The first-order chi connectivity index (χ1) is 8.79. The smallest absolute Gasteiger partial charge is 0.294 e. The average molecular weight is 289 g/mol. The van der Waals surface area contributed by atoms with Crippen molar-refractivity contribution in [1.82, 2.24) is 9.78 Å². The van der Waals surface area contributed by atoms with E-state index in [0.717, 1.165) is 17.1 Å². The molecule has 0 aliphatic carbocycles. The molecule has 0 unspecified atom stereocenters. The molecule has 0 spiro atoms. The topological polar surface area (TPSA) is 34.9 Å². The van der Waals surface area contributed by atoms with Crippen LogP contribution in [0, 0.1) is 0 Å². The summed E-state index contributed by atoms with van der Waals surface area (Å²) in [6.45, 7) is 1.36. The van der Waals surface area contributed by atoms with E-state index in [1.54, 1.807) is 0 Å². The number of rotatable bonds is 2. The molecule has 0 fully saturated rings. The van der Waals surface area contributed by atoms with Gasteiger partial charge < -0.3 is 0 Å². The van der Waals surface area contributed by atoms with Crippen molar-refractivity contribution in [1.29, 1.82) is 0 Å². The number of ketones is 1. The number of nitrogens with zero attached hydrogens (tertiary/aromatic N) is 2. The van der Waals surface area contributed by atoms with Gasteiger partial charge in [-0.25, -0.2) is 4.68 Å². The van der Waals surface area contributed by atoms with Gasteiger partial charge in [-0.2, -0.15) is 18.3 Å². The molecular formula is C12H8ClF3N2O. The summed E-state index contributed by atoms with van der Waals surface area (Å²) < 4.78 is 38.4. The van der Waals surface area contributed by atoms with Gasteiger partial charge in [-0.1, -0.05) is 11.6 Å². The SMILES string of the molecule is CC(=O)c1ccc(-n2cc(C(F)(F)F)cn2)cc1Cl. The Morgan fingerprint density at radius 3 is 2.53 bits per heavy atom. The molecule has 0 saturated heterocycles. The number of carbonyl (C=O) groups excluding carboxylic acids is 1. The van der Waals surface area contributed by atoms with Crippen LogP contribution in [0.3, 0.4) is 0 Å². The van der Waals surface area contributed by atoms with E-state index >= 15 is 0 Å². The molecule has 0 aliphatic heterocycles. The summed E-state index contributed by atoms with van der Waals surface area (Å²) in [6, 6.07) is 4.33. The van der Waals surface area contributed by atoms with Gasteiger partial charge in [0.25, 0.3) is 0 Å². The van der Waals surface area contributed by atoms with Crippen LogP contribution in [0.1, 0.15) is 22.8 Å². The van der Waals surface area contributed by atoms with Crippen molar-refractivity contribution < 1.29 is 18.0 Å². The van der Waals surface area contributed by atoms with Crippen LogP contribution in [0.4, 0.5) is 13.2 Å². The first-order valence-corrected chi connectivity index (χ1v) is 5.59. The van der Waals surface area contributed by atoms with E-state index in [-0.39, 0.29) is 10.8 Å². The van der Waals surface area contributed by atoms with Crippen molar-refractivity contribution in [3.8, 4) is 5.69 Å². The van der Waals surface area contributed by atoms with E-state index in [1.165, 1.54) is 25.1 Å². The van der Waals surface area contributed by atoms with Crippen LogP contribution >= 0.6 is 11.6 Å². The lowest BCUT2D eigenvalue weighted by Gasteiger charge is -2.05. The third kappa shape index (κ3) is 2.78. The highest BCUT2D eigenvalue weighted by atomic mass is 35.5. The maximum absolute atomic E-state index is 12.4. The Kier molecular flexibility index (Phi) is 3.36. The maximum Gasteiger partial charge on any atom is 0.419 e. The Balaban J connectivity index is 2.40. The van der Waals surface area contributed by atoms with E-state index in [1.807, 2.05) is 0 Å². The van der Waals surface area contributed by atoms with Crippen LogP contribution in [0.5, 0.6) is 0 Å². The molecule has 19 heavy (non-hydrogen) atoms.